The van der Waals surface area contributed by atoms with Crippen LogP contribution in [0.3, 0.4) is 0 Å². The molecule has 1 unspecified atom stereocenters. The Morgan fingerprint density at radius 3 is 1.22 bits per heavy atom. The lowest BCUT2D eigenvalue weighted by molar-refractivity contribution is -0.142. The average Bonchev–Trinajstić information content (AvgIpc) is 3.73. The van der Waals surface area contributed by atoms with Gasteiger partial charge in [-0.05, 0) is 142 Å². The predicted octanol–water partition coefficient (Wildman–Crippen LogP) is 15.6. The highest BCUT2D eigenvalue weighted by molar-refractivity contribution is 7.64. The number of aliphatic hydroxyl groups excluding tert-OH is 1. The fourth-order valence-electron chi connectivity index (χ4n) is 6.46. The lowest BCUT2D eigenvalue weighted by Gasteiger charge is -2.14. The second-order valence-electron chi connectivity index (χ2n) is 19.3. The minimum absolute atomic E-state index is 0.105. The van der Waals surface area contributed by atoms with Crippen molar-refractivity contribution in [3.8, 4) is 5.75 Å². The number of aryl methyl sites for hydroxylation is 5. The summed E-state index contributed by atoms with van der Waals surface area (Å²) in [6.07, 6.45) is 19.2. The topological polar surface area (TPSA) is 214 Å². The number of aliphatic hydroxyl groups is 1. The molecule has 0 heterocycles. The SMILES string of the molecule is C=CC(=O)OCC.CCOC(=O)/C(C)=C/C=C/c1cccc(C)c1.CCOC(=O)/C=C/c1cccc(C)c1.CCOC(=O)C(C)P(C)(C)=O.Cc1cccc(/C=C/C=O)c1.Cc1cccc(/C=C/CO)c1.Cc1cccc(C=O)c1.O=Cc1cccc(O)c1. The van der Waals surface area contributed by atoms with Crippen molar-refractivity contribution in [3.63, 3.8) is 0 Å². The van der Waals surface area contributed by atoms with Crippen molar-refractivity contribution < 1.29 is 67.3 Å². The van der Waals surface area contributed by atoms with Crippen molar-refractivity contribution in [2.24, 2.45) is 0 Å². The second-order valence-corrected chi connectivity index (χ2v) is 23.0. The van der Waals surface area contributed by atoms with Crippen LogP contribution in [0.25, 0.3) is 24.3 Å². The first-order valence-electron chi connectivity index (χ1n) is 28.7. The molecule has 6 aromatic rings. The summed E-state index contributed by atoms with van der Waals surface area (Å²) in [5.41, 5.74) is 11.7. The van der Waals surface area contributed by atoms with Gasteiger partial charge in [-0.2, -0.15) is 0 Å². The number of carbonyl (C=O) groups excluding carboxylic acids is 7. The van der Waals surface area contributed by atoms with E-state index in [1.807, 2.05) is 130 Å². The van der Waals surface area contributed by atoms with E-state index in [0.29, 0.717) is 43.9 Å². The summed E-state index contributed by atoms with van der Waals surface area (Å²) in [6.45, 7) is 28.7. The van der Waals surface area contributed by atoms with Crippen LogP contribution in [0, 0.1) is 34.6 Å². The number of carbonyl (C=O) groups is 7. The number of aldehydes is 3. The highest BCUT2D eigenvalue weighted by Gasteiger charge is 2.26. The van der Waals surface area contributed by atoms with Crippen molar-refractivity contribution in [2.45, 2.75) is 81.8 Å². The third kappa shape index (κ3) is 44.7. The maximum atomic E-state index is 11.3. The van der Waals surface area contributed by atoms with Gasteiger partial charge in [0.2, 0.25) is 0 Å². The Balaban J connectivity index is 0. The molecule has 0 aliphatic carbocycles. The molecular weight excluding hydrogens is 1140 g/mol. The van der Waals surface area contributed by atoms with Crippen LogP contribution in [0.15, 0.2) is 194 Å². The van der Waals surface area contributed by atoms with E-state index in [-0.39, 0.29) is 36.2 Å². The smallest absolute Gasteiger partial charge is 0.333 e. The lowest BCUT2D eigenvalue weighted by atomic mass is 10.1. The zero-order valence-corrected chi connectivity index (χ0v) is 54.8. The van der Waals surface area contributed by atoms with Crippen LogP contribution in [0.5, 0.6) is 5.75 Å². The van der Waals surface area contributed by atoms with Crippen molar-refractivity contribution in [1.29, 1.82) is 0 Å². The number of aromatic hydroxyl groups is 1. The number of phenols is 1. The number of hydrogen-bond acceptors (Lipinski definition) is 14. The molecule has 6 aromatic carbocycles. The van der Waals surface area contributed by atoms with E-state index < -0.39 is 12.8 Å². The largest absolute Gasteiger partial charge is 0.508 e. The van der Waals surface area contributed by atoms with E-state index in [1.165, 1.54) is 46.5 Å². The van der Waals surface area contributed by atoms with E-state index in [9.17, 15) is 38.1 Å². The molecule has 0 radical (unpaired) electrons. The van der Waals surface area contributed by atoms with Crippen molar-refractivity contribution in [1.82, 2.24) is 0 Å². The molecule has 14 nitrogen and oxygen atoms in total. The van der Waals surface area contributed by atoms with Gasteiger partial charge in [0.05, 0.1) is 40.2 Å². The molecular formula is C74H91O14P. The van der Waals surface area contributed by atoms with E-state index in [0.717, 1.165) is 52.0 Å². The van der Waals surface area contributed by atoms with Gasteiger partial charge in [0.25, 0.3) is 0 Å². The number of ether oxygens (including phenoxy) is 4. The summed E-state index contributed by atoms with van der Waals surface area (Å²) >= 11 is 0. The number of phenolic OH excluding ortho intramolecular Hbond substituents is 1. The molecule has 15 heteroatoms. The fraction of sp³-hybridized carbons (Fsp3) is 0.257. The number of rotatable bonds is 18. The van der Waals surface area contributed by atoms with Crippen molar-refractivity contribution in [2.75, 3.05) is 46.4 Å². The summed E-state index contributed by atoms with van der Waals surface area (Å²) in [7, 11) is -2.32. The number of hydrogen-bond donors (Lipinski definition) is 2. The van der Waals surface area contributed by atoms with Gasteiger partial charge >= 0.3 is 23.9 Å². The molecule has 0 bridgehead atoms. The molecule has 0 aliphatic heterocycles. The van der Waals surface area contributed by atoms with Gasteiger partial charge in [0.1, 0.15) is 30.3 Å². The Kier molecular flexibility index (Phi) is 46.6. The van der Waals surface area contributed by atoms with Crippen molar-refractivity contribution in [3.05, 3.63) is 255 Å². The number of benzene rings is 6. The Morgan fingerprint density at radius 2 is 0.888 bits per heavy atom. The third-order valence-electron chi connectivity index (χ3n) is 11.1. The lowest BCUT2D eigenvalue weighted by Crippen LogP contribution is -2.19. The van der Waals surface area contributed by atoms with Crippen LogP contribution in [-0.2, 0) is 47.5 Å². The van der Waals surface area contributed by atoms with Gasteiger partial charge in [0, 0.05) is 28.9 Å². The van der Waals surface area contributed by atoms with E-state index >= 15 is 0 Å². The zero-order valence-electron chi connectivity index (χ0n) is 53.9. The maximum absolute atomic E-state index is 11.3. The van der Waals surface area contributed by atoms with Gasteiger partial charge in [-0.3, -0.25) is 19.2 Å². The van der Waals surface area contributed by atoms with Gasteiger partial charge in [0.15, 0.2) is 0 Å². The molecule has 0 saturated carbocycles. The average molecular weight is 1240 g/mol. The molecule has 0 spiro atoms. The molecule has 0 aliphatic rings. The molecule has 1 atom stereocenters. The first-order valence-corrected chi connectivity index (χ1v) is 31.3. The number of allylic oxidation sites excluding steroid dienone is 3. The normalized spacial score (nSPS) is 10.7. The Morgan fingerprint density at radius 1 is 0.517 bits per heavy atom. The minimum Gasteiger partial charge on any atom is -0.508 e. The van der Waals surface area contributed by atoms with Gasteiger partial charge in [-0.1, -0.05) is 198 Å². The first kappa shape index (κ1) is 81.7. The predicted molar refractivity (Wildman–Crippen MR) is 363 cm³/mol. The van der Waals surface area contributed by atoms with Gasteiger partial charge in [-0.15, -0.1) is 0 Å². The van der Waals surface area contributed by atoms with Crippen molar-refractivity contribution >= 4 is 74.2 Å². The van der Waals surface area contributed by atoms with Crippen LogP contribution in [-0.4, -0.2) is 105 Å². The Labute approximate surface area is 528 Å². The maximum Gasteiger partial charge on any atom is 0.333 e. The quantitative estimate of drug-likeness (QED) is 0.0205. The molecule has 0 aromatic heterocycles. The van der Waals surface area contributed by atoms with Gasteiger partial charge in [-0.25, -0.2) is 14.4 Å². The van der Waals surface area contributed by atoms with E-state index in [2.05, 4.69) is 49.4 Å². The summed E-state index contributed by atoms with van der Waals surface area (Å²) in [5, 5.41) is 17.3. The van der Waals surface area contributed by atoms with Crippen LogP contribution in [0.2, 0.25) is 0 Å². The molecule has 0 saturated heterocycles. The zero-order chi connectivity index (χ0) is 67.4. The highest BCUT2D eigenvalue weighted by atomic mass is 31.2. The molecule has 89 heavy (non-hydrogen) atoms. The van der Waals surface area contributed by atoms with Crippen LogP contribution >= 0.6 is 7.14 Å². The van der Waals surface area contributed by atoms with Crippen LogP contribution in [0.1, 0.15) is 112 Å². The molecule has 0 fully saturated rings. The van der Waals surface area contributed by atoms with E-state index in [1.54, 1.807) is 97.4 Å². The third-order valence-corrected chi connectivity index (χ3v) is 13.2. The first-order chi connectivity index (χ1) is 42.4. The second kappa shape index (κ2) is 50.8. The molecule has 476 valence electrons. The summed E-state index contributed by atoms with van der Waals surface area (Å²) in [6, 6.07) is 45.9. The molecule has 2 N–H and O–H groups in total. The summed E-state index contributed by atoms with van der Waals surface area (Å²) in [5.74, 6) is -1.15. The number of esters is 4. The Hall–Kier alpha value is -9.36. The van der Waals surface area contributed by atoms with Crippen LogP contribution in [0.4, 0.5) is 0 Å². The van der Waals surface area contributed by atoms with Crippen LogP contribution < -0.4 is 0 Å². The summed E-state index contributed by atoms with van der Waals surface area (Å²) < 4.78 is 30.1. The van der Waals surface area contributed by atoms with Gasteiger partial charge < -0.3 is 33.7 Å². The molecule has 6 rings (SSSR count). The van der Waals surface area contributed by atoms with E-state index in [4.69, 9.17) is 24.4 Å². The minimum atomic E-state index is -2.32. The standard InChI is InChI=1S/C15H18O2.C12H14O2.C10H12O.C10H10O.C8H8O.C7H15O3P.C7H6O2.C5H8O2/c1-4-17-15(16)13(3)8-6-10-14-9-5-7-12(2)11-14;1-3-14-12(13)8-7-11-6-4-5-10(2)9-11;2*1-9-4-2-5-10(8-9)6-3-7-11;1-7-3-2-4-8(5-7)6-9;1-5-10-7(8)6(2)11(3,4)9;8-5-6-2-1-3-7(9)4-6;1-3-5(6)7-4-2/h5-11H,4H2,1-3H3;4-9H,3H2,1-2H3;2-6,8,11H,7H2,1H3;2-8H,1H3;2-6H,1H3;6H,5H2,1-4H3;1-5,9H;3H,1,4H2,2H3/b10-6+,13-8+;8-7+;2*6-3+;;;;. The molecule has 0 amide bonds. The summed E-state index contributed by atoms with van der Waals surface area (Å²) in [4.78, 5) is 73.6. The monoisotopic (exact) mass is 1230 g/mol. The Bertz CT molecular complexity index is 3220. The fourth-order valence-corrected chi connectivity index (χ4v) is 7.05. The highest BCUT2D eigenvalue weighted by Crippen LogP contribution is 2.42.